The molecule has 33 heavy (non-hydrogen) atoms. The van der Waals surface area contributed by atoms with Crippen LogP contribution in [0.4, 0.5) is 5.69 Å². The van der Waals surface area contributed by atoms with Crippen molar-refractivity contribution < 1.29 is 14.5 Å². The number of nitrogens with zero attached hydrogens (tertiary/aromatic N) is 1. The lowest BCUT2D eigenvalue weighted by Crippen LogP contribution is -2.33. The number of hydrogen-bond acceptors (Lipinski definition) is 5. The molecule has 1 unspecified atom stereocenters. The van der Waals surface area contributed by atoms with Crippen LogP contribution in [0.2, 0.25) is 0 Å². The van der Waals surface area contributed by atoms with Crippen molar-refractivity contribution in [3.05, 3.63) is 123 Å². The van der Waals surface area contributed by atoms with E-state index in [2.05, 4.69) is 10.6 Å². The Morgan fingerprint density at radius 2 is 1.58 bits per heavy atom. The first-order chi connectivity index (χ1) is 16.0. The minimum atomic E-state index is -0.883. The second-order valence-corrected chi connectivity index (χ2v) is 7.57. The summed E-state index contributed by atoms with van der Waals surface area (Å²) in [6.45, 7) is 1.76. The highest BCUT2D eigenvalue weighted by Crippen LogP contribution is 2.41. The molecule has 1 heterocycles. The summed E-state index contributed by atoms with van der Waals surface area (Å²) in [6, 6.07) is 25.1. The van der Waals surface area contributed by atoms with Gasteiger partial charge in [-0.1, -0.05) is 60.7 Å². The summed E-state index contributed by atoms with van der Waals surface area (Å²) < 4.78 is 5.25. The van der Waals surface area contributed by atoms with Crippen molar-refractivity contribution in [2.75, 3.05) is 12.4 Å². The van der Waals surface area contributed by atoms with Crippen molar-refractivity contribution >= 4 is 17.3 Å². The second kappa shape index (κ2) is 9.40. The lowest BCUT2D eigenvalue weighted by Gasteiger charge is -2.28. The van der Waals surface area contributed by atoms with Gasteiger partial charge < -0.3 is 15.4 Å². The third kappa shape index (κ3) is 4.48. The Labute approximate surface area is 191 Å². The zero-order valence-corrected chi connectivity index (χ0v) is 18.2. The Morgan fingerprint density at radius 3 is 2.15 bits per heavy atom. The van der Waals surface area contributed by atoms with E-state index in [4.69, 9.17) is 4.74 Å². The smallest absolute Gasteiger partial charge is 0.282 e. The van der Waals surface area contributed by atoms with Gasteiger partial charge in [0.15, 0.2) is 0 Å². The van der Waals surface area contributed by atoms with Gasteiger partial charge in [0, 0.05) is 16.9 Å². The van der Waals surface area contributed by atoms with Gasteiger partial charge in [-0.05, 0) is 36.8 Å². The third-order valence-corrected chi connectivity index (χ3v) is 5.52. The van der Waals surface area contributed by atoms with E-state index in [1.165, 1.54) is 0 Å². The minimum Gasteiger partial charge on any atom is -0.497 e. The Hall–Kier alpha value is -4.39. The van der Waals surface area contributed by atoms with Crippen LogP contribution in [0.1, 0.15) is 24.0 Å². The van der Waals surface area contributed by atoms with Crippen molar-refractivity contribution in [2.24, 2.45) is 0 Å². The van der Waals surface area contributed by atoms with Gasteiger partial charge in [0.25, 0.3) is 11.6 Å². The molecule has 1 amide bonds. The first kappa shape index (κ1) is 21.8. The highest BCUT2D eigenvalue weighted by molar-refractivity contribution is 6.06. The van der Waals surface area contributed by atoms with Gasteiger partial charge in [0.1, 0.15) is 17.4 Å². The van der Waals surface area contributed by atoms with Crippen LogP contribution >= 0.6 is 0 Å². The summed E-state index contributed by atoms with van der Waals surface area (Å²) in [5.74, 6) is -0.664. The normalized spacial score (nSPS) is 15.6. The molecule has 4 rings (SSSR count). The maximum absolute atomic E-state index is 13.4. The van der Waals surface area contributed by atoms with Crippen LogP contribution < -0.4 is 15.4 Å². The number of anilines is 1. The van der Waals surface area contributed by atoms with E-state index in [1.807, 2.05) is 36.4 Å². The molecule has 1 aliphatic heterocycles. The molecule has 0 bridgehead atoms. The topological polar surface area (TPSA) is 93.5 Å². The van der Waals surface area contributed by atoms with E-state index in [1.54, 1.807) is 62.6 Å². The fourth-order valence-corrected chi connectivity index (χ4v) is 3.98. The van der Waals surface area contributed by atoms with Gasteiger partial charge >= 0.3 is 0 Å². The summed E-state index contributed by atoms with van der Waals surface area (Å²) in [7, 11) is 1.55. The van der Waals surface area contributed by atoms with Crippen LogP contribution in [0.15, 0.2) is 102 Å². The minimum absolute atomic E-state index is 0.0878. The molecule has 0 aliphatic carbocycles. The molecule has 0 saturated carbocycles. The largest absolute Gasteiger partial charge is 0.497 e. The van der Waals surface area contributed by atoms with Crippen molar-refractivity contribution in [1.29, 1.82) is 0 Å². The number of methoxy groups -OCH3 is 1. The quantitative estimate of drug-likeness (QED) is 0.417. The predicted molar refractivity (Wildman–Crippen MR) is 127 cm³/mol. The van der Waals surface area contributed by atoms with Gasteiger partial charge in [-0.15, -0.1) is 0 Å². The first-order valence-corrected chi connectivity index (χ1v) is 10.4. The van der Waals surface area contributed by atoms with Crippen LogP contribution in [0.3, 0.4) is 0 Å². The van der Waals surface area contributed by atoms with E-state index in [0.717, 1.165) is 0 Å². The van der Waals surface area contributed by atoms with Crippen molar-refractivity contribution in [1.82, 2.24) is 5.32 Å². The number of nitrogens with one attached hydrogen (secondary N) is 2. The number of benzene rings is 3. The number of carbonyl (C=O) groups is 1. The molecule has 0 fully saturated rings. The van der Waals surface area contributed by atoms with E-state index in [9.17, 15) is 14.9 Å². The number of rotatable bonds is 6. The first-order valence-electron chi connectivity index (χ1n) is 10.4. The highest BCUT2D eigenvalue weighted by Gasteiger charge is 2.41. The average molecular weight is 441 g/mol. The monoisotopic (exact) mass is 441 g/mol. The number of amides is 1. The standard InChI is InChI=1S/C26H23N3O4/c1-17-22(26(30)28-20-11-7-4-8-12-20)23(18-13-15-21(33-2)16-14-18)25(29(31)32)24(27-17)19-9-5-3-6-10-19/h3-16,23,27H,1-2H3,(H,28,30). The van der Waals surface area contributed by atoms with E-state index in [0.29, 0.717) is 34.0 Å². The van der Waals surface area contributed by atoms with Crippen molar-refractivity contribution in [3.8, 4) is 5.75 Å². The molecule has 7 nitrogen and oxygen atoms in total. The number of ether oxygens (including phenoxy) is 1. The van der Waals surface area contributed by atoms with E-state index >= 15 is 0 Å². The van der Waals surface area contributed by atoms with Gasteiger partial charge in [-0.3, -0.25) is 14.9 Å². The fraction of sp³-hybridized carbons (Fsp3) is 0.115. The Morgan fingerprint density at radius 1 is 0.970 bits per heavy atom. The molecule has 166 valence electrons. The highest BCUT2D eigenvalue weighted by atomic mass is 16.6. The molecule has 0 saturated heterocycles. The second-order valence-electron chi connectivity index (χ2n) is 7.57. The summed E-state index contributed by atoms with van der Waals surface area (Å²) >= 11 is 0. The molecule has 1 aliphatic rings. The third-order valence-electron chi connectivity index (χ3n) is 5.52. The number of allylic oxidation sites excluding steroid dienone is 2. The summed E-state index contributed by atoms with van der Waals surface area (Å²) in [5, 5.41) is 18.4. The zero-order valence-electron chi connectivity index (χ0n) is 18.2. The number of nitro groups is 1. The molecule has 0 aromatic heterocycles. The number of para-hydroxylation sites is 1. The van der Waals surface area contributed by atoms with Crippen LogP contribution in [0.5, 0.6) is 5.75 Å². The van der Waals surface area contributed by atoms with E-state index in [-0.39, 0.29) is 11.3 Å². The van der Waals surface area contributed by atoms with Gasteiger partial charge in [-0.2, -0.15) is 0 Å². The van der Waals surface area contributed by atoms with Crippen molar-refractivity contribution in [2.45, 2.75) is 12.8 Å². The summed E-state index contributed by atoms with van der Waals surface area (Å²) in [5.41, 5.74) is 3.02. The number of dihydropyridines is 1. The van der Waals surface area contributed by atoms with Gasteiger partial charge in [-0.25, -0.2) is 0 Å². The average Bonchev–Trinajstić information content (AvgIpc) is 2.84. The van der Waals surface area contributed by atoms with Crippen LogP contribution in [-0.4, -0.2) is 17.9 Å². The van der Waals surface area contributed by atoms with Gasteiger partial charge in [0.05, 0.1) is 17.6 Å². The molecule has 1 atom stereocenters. The Balaban J connectivity index is 1.87. The van der Waals surface area contributed by atoms with Crippen LogP contribution in [0.25, 0.3) is 5.70 Å². The lowest BCUT2D eigenvalue weighted by molar-refractivity contribution is -0.428. The van der Waals surface area contributed by atoms with Crippen LogP contribution in [0, 0.1) is 10.1 Å². The molecule has 0 radical (unpaired) electrons. The Bertz CT molecular complexity index is 1230. The molecule has 3 aromatic rings. The maximum Gasteiger partial charge on any atom is 0.282 e. The molecule has 7 heteroatoms. The molecule has 3 aromatic carbocycles. The number of hydrogen-bond donors (Lipinski definition) is 2. The maximum atomic E-state index is 13.4. The van der Waals surface area contributed by atoms with Crippen LogP contribution in [-0.2, 0) is 4.79 Å². The summed E-state index contributed by atoms with van der Waals surface area (Å²) in [6.07, 6.45) is 0. The Kier molecular flexibility index (Phi) is 6.22. The SMILES string of the molecule is COc1ccc(C2C(C(=O)Nc3ccccc3)=C(C)NC(c3ccccc3)=C2[N+](=O)[O-])cc1. The molecular formula is C26H23N3O4. The number of carbonyl (C=O) groups excluding carboxylic acids is 1. The lowest BCUT2D eigenvalue weighted by atomic mass is 9.82. The molecule has 2 N–H and O–H groups in total. The van der Waals surface area contributed by atoms with E-state index < -0.39 is 16.7 Å². The van der Waals surface area contributed by atoms with Gasteiger partial charge in [0.2, 0.25) is 0 Å². The molecular weight excluding hydrogens is 418 g/mol. The fourth-order valence-electron chi connectivity index (χ4n) is 3.98. The summed E-state index contributed by atoms with van der Waals surface area (Å²) in [4.78, 5) is 25.4. The zero-order chi connectivity index (χ0) is 23.4. The molecule has 0 spiro atoms. The predicted octanol–water partition coefficient (Wildman–Crippen LogP) is 4.94. The van der Waals surface area contributed by atoms with Crippen molar-refractivity contribution in [3.63, 3.8) is 0 Å².